The number of hydrogen-bond acceptors (Lipinski definition) is 7. The number of allylic oxidation sites excluding steroid dienone is 10. The van der Waals surface area contributed by atoms with Gasteiger partial charge < -0.3 is 20.1 Å². The molecule has 0 fully saturated rings. The van der Waals surface area contributed by atoms with E-state index in [0.29, 0.717) is 6.42 Å². The van der Waals surface area contributed by atoms with Crippen LogP contribution in [0.15, 0.2) is 60.8 Å². The summed E-state index contributed by atoms with van der Waals surface area (Å²) in [5.41, 5.74) is 0. The van der Waals surface area contributed by atoms with Crippen LogP contribution in [-0.2, 0) is 27.9 Å². The van der Waals surface area contributed by atoms with E-state index in [0.717, 1.165) is 83.5 Å². The Kier molecular flexibility index (Phi) is 41.6. The molecule has 2 unspecified atom stereocenters. The fourth-order valence-electron chi connectivity index (χ4n) is 6.05. The lowest BCUT2D eigenvalue weighted by Gasteiger charge is -2.15. The molecule has 330 valence electrons. The molecule has 0 bridgehead atoms. The number of aliphatic hydroxyl groups excluding tert-OH is 1. The molecule has 9 nitrogen and oxygen atoms in total. The van der Waals surface area contributed by atoms with Gasteiger partial charge in [0.25, 0.3) is 0 Å². The Labute approximate surface area is 348 Å². The largest absolute Gasteiger partial charge is 0.472 e. The van der Waals surface area contributed by atoms with Crippen LogP contribution in [-0.4, -0.2) is 54.3 Å². The summed E-state index contributed by atoms with van der Waals surface area (Å²) in [6, 6.07) is 0. The SMILES string of the molecule is CC/C=C\C/C=C\C/C=C\C/C=C\C/C=C\CCCCCCCCCC(=O)OCC(O)COP(=O)(O)OCCNC(=O)CCCCCCCCCCCCCCC. The smallest absolute Gasteiger partial charge is 0.463 e. The molecule has 0 aromatic rings. The molecule has 0 saturated heterocycles. The zero-order chi connectivity index (χ0) is 41.8. The zero-order valence-electron chi connectivity index (χ0n) is 36.3. The van der Waals surface area contributed by atoms with E-state index in [1.807, 2.05) is 0 Å². The first-order chi connectivity index (χ1) is 27.8. The number of amides is 1. The lowest BCUT2D eigenvalue weighted by Crippen LogP contribution is -2.27. The van der Waals surface area contributed by atoms with Crippen molar-refractivity contribution in [1.82, 2.24) is 5.32 Å². The maximum Gasteiger partial charge on any atom is 0.472 e. The molecule has 0 aliphatic rings. The standard InChI is InChI=1S/C47H84NO8P/c1-3-5-7-9-11-13-15-17-18-19-20-21-22-23-24-25-26-28-30-32-34-36-38-40-47(51)54-43-45(49)44-56-57(52,53)55-42-41-48-46(50)39-37-35-33-31-29-27-16-14-12-10-8-6-4-2/h5,7,11,13,17-18,20-21,23-24,45,49H,3-4,6,8-10,12,14-16,19,22,25-44H2,1-2H3,(H,48,50)(H,52,53)/b7-5-,13-11-,18-17-,21-20-,24-23-. The third-order valence-electron chi connectivity index (χ3n) is 9.46. The van der Waals surface area contributed by atoms with Gasteiger partial charge in [-0.3, -0.25) is 18.6 Å². The van der Waals surface area contributed by atoms with Crippen LogP contribution in [0.25, 0.3) is 0 Å². The monoisotopic (exact) mass is 822 g/mol. The number of phosphoric acid groups is 1. The first-order valence-corrected chi connectivity index (χ1v) is 24.3. The van der Waals surface area contributed by atoms with Crippen molar-refractivity contribution in [1.29, 1.82) is 0 Å². The molecule has 0 rings (SSSR count). The average molecular weight is 822 g/mol. The van der Waals surface area contributed by atoms with Crippen molar-refractivity contribution in [3.05, 3.63) is 60.8 Å². The first-order valence-electron chi connectivity index (χ1n) is 22.8. The minimum absolute atomic E-state index is 0.0805. The van der Waals surface area contributed by atoms with E-state index >= 15 is 0 Å². The minimum Gasteiger partial charge on any atom is -0.463 e. The van der Waals surface area contributed by atoms with Crippen molar-refractivity contribution >= 4 is 19.7 Å². The minimum atomic E-state index is -4.42. The van der Waals surface area contributed by atoms with Gasteiger partial charge >= 0.3 is 13.8 Å². The topological polar surface area (TPSA) is 131 Å². The van der Waals surface area contributed by atoms with Crippen LogP contribution >= 0.6 is 7.82 Å². The molecule has 0 spiro atoms. The van der Waals surface area contributed by atoms with Gasteiger partial charge in [-0.25, -0.2) is 4.57 Å². The molecule has 0 aromatic carbocycles. The molecule has 1 amide bonds. The number of nitrogens with one attached hydrogen (secondary N) is 1. The van der Waals surface area contributed by atoms with Gasteiger partial charge in [-0.2, -0.15) is 0 Å². The van der Waals surface area contributed by atoms with Gasteiger partial charge in [0, 0.05) is 19.4 Å². The molecule has 0 aliphatic carbocycles. The predicted octanol–water partition coefficient (Wildman–Crippen LogP) is 12.9. The molecule has 0 heterocycles. The van der Waals surface area contributed by atoms with Crippen molar-refractivity contribution in [2.45, 2.75) is 200 Å². The molecule has 0 radical (unpaired) electrons. The van der Waals surface area contributed by atoms with Crippen molar-refractivity contribution in [3.63, 3.8) is 0 Å². The van der Waals surface area contributed by atoms with Gasteiger partial charge in [0.1, 0.15) is 12.7 Å². The zero-order valence-corrected chi connectivity index (χ0v) is 37.2. The Morgan fingerprint density at radius 3 is 1.51 bits per heavy atom. The van der Waals surface area contributed by atoms with Gasteiger partial charge in [-0.15, -0.1) is 0 Å². The second-order valence-corrected chi connectivity index (χ2v) is 16.5. The molecule has 0 aromatic heterocycles. The third-order valence-corrected chi connectivity index (χ3v) is 10.4. The number of unbranched alkanes of at least 4 members (excludes halogenated alkanes) is 19. The second kappa shape index (κ2) is 43.3. The van der Waals surface area contributed by atoms with Crippen molar-refractivity contribution in [2.24, 2.45) is 0 Å². The van der Waals surface area contributed by atoms with Crippen LogP contribution in [0.1, 0.15) is 194 Å². The fourth-order valence-corrected chi connectivity index (χ4v) is 6.81. The lowest BCUT2D eigenvalue weighted by atomic mass is 10.0. The summed E-state index contributed by atoms with van der Waals surface area (Å²) in [5.74, 6) is -0.527. The van der Waals surface area contributed by atoms with Crippen LogP contribution in [0.5, 0.6) is 0 Å². The van der Waals surface area contributed by atoms with E-state index in [2.05, 4.69) is 79.9 Å². The number of carbonyl (C=O) groups is 2. The maximum atomic E-state index is 12.1. The molecular weight excluding hydrogens is 737 g/mol. The second-order valence-electron chi connectivity index (χ2n) is 15.0. The lowest BCUT2D eigenvalue weighted by molar-refractivity contribution is -0.147. The van der Waals surface area contributed by atoms with Crippen LogP contribution in [0.3, 0.4) is 0 Å². The van der Waals surface area contributed by atoms with E-state index in [1.165, 1.54) is 83.5 Å². The molecular formula is C47H84NO8P. The van der Waals surface area contributed by atoms with Crippen molar-refractivity contribution in [2.75, 3.05) is 26.4 Å². The summed E-state index contributed by atoms with van der Waals surface area (Å²) < 4.78 is 26.9. The van der Waals surface area contributed by atoms with Crippen molar-refractivity contribution < 1.29 is 37.9 Å². The van der Waals surface area contributed by atoms with Crippen LogP contribution in [0, 0.1) is 0 Å². The Bertz CT molecular complexity index is 1120. The molecule has 0 aliphatic heterocycles. The predicted molar refractivity (Wildman–Crippen MR) is 238 cm³/mol. The number of rotatable bonds is 42. The Balaban J connectivity index is 3.62. The molecule has 57 heavy (non-hydrogen) atoms. The van der Waals surface area contributed by atoms with Gasteiger partial charge in [0.2, 0.25) is 5.91 Å². The highest BCUT2D eigenvalue weighted by molar-refractivity contribution is 7.47. The summed E-state index contributed by atoms with van der Waals surface area (Å²) in [7, 11) is -4.42. The van der Waals surface area contributed by atoms with Gasteiger partial charge in [0.15, 0.2) is 0 Å². The number of esters is 1. The first kappa shape index (κ1) is 54.7. The Morgan fingerprint density at radius 1 is 0.561 bits per heavy atom. The van der Waals surface area contributed by atoms with Gasteiger partial charge in [-0.05, 0) is 57.8 Å². The van der Waals surface area contributed by atoms with Crippen molar-refractivity contribution in [3.8, 4) is 0 Å². The number of carbonyl (C=O) groups excluding carboxylic acids is 2. The molecule has 2 atom stereocenters. The summed E-state index contributed by atoms with van der Waals surface area (Å²) in [5, 5.41) is 12.7. The normalized spacial score (nSPS) is 13.8. The van der Waals surface area contributed by atoms with E-state index in [9.17, 15) is 24.2 Å². The highest BCUT2D eigenvalue weighted by Gasteiger charge is 2.23. The molecule has 3 N–H and O–H groups in total. The van der Waals surface area contributed by atoms with Crippen LogP contribution in [0.4, 0.5) is 0 Å². The maximum absolute atomic E-state index is 12.1. The van der Waals surface area contributed by atoms with Crippen LogP contribution < -0.4 is 5.32 Å². The summed E-state index contributed by atoms with van der Waals surface area (Å²) in [6.07, 6.45) is 51.5. The highest BCUT2D eigenvalue weighted by atomic mass is 31.2. The van der Waals surface area contributed by atoms with E-state index in [-0.39, 0.29) is 32.1 Å². The van der Waals surface area contributed by atoms with Gasteiger partial charge in [-0.1, -0.05) is 184 Å². The number of aliphatic hydroxyl groups is 1. The van der Waals surface area contributed by atoms with E-state index < -0.39 is 26.5 Å². The Hall–Kier alpha value is -2.29. The van der Waals surface area contributed by atoms with E-state index in [4.69, 9.17) is 13.8 Å². The number of phosphoric ester groups is 1. The van der Waals surface area contributed by atoms with Crippen LogP contribution in [0.2, 0.25) is 0 Å². The summed E-state index contributed by atoms with van der Waals surface area (Å²) in [6.45, 7) is 3.43. The third kappa shape index (κ3) is 44.7. The number of ether oxygens (including phenoxy) is 1. The molecule has 0 saturated carbocycles. The fraction of sp³-hybridized carbons (Fsp3) is 0.745. The highest BCUT2D eigenvalue weighted by Crippen LogP contribution is 2.42. The van der Waals surface area contributed by atoms with Gasteiger partial charge in [0.05, 0.1) is 13.2 Å². The van der Waals surface area contributed by atoms with E-state index in [1.54, 1.807) is 0 Å². The quantitative estimate of drug-likeness (QED) is 0.0240. The molecule has 10 heteroatoms. The Morgan fingerprint density at radius 2 is 1.00 bits per heavy atom. The summed E-state index contributed by atoms with van der Waals surface area (Å²) in [4.78, 5) is 33.9. The summed E-state index contributed by atoms with van der Waals surface area (Å²) >= 11 is 0. The number of hydrogen-bond donors (Lipinski definition) is 3. The average Bonchev–Trinajstić information content (AvgIpc) is 3.20.